The summed E-state index contributed by atoms with van der Waals surface area (Å²) in [4.78, 5) is 34.7. The fraction of sp³-hybridized carbons (Fsp3) is 0.750. The molecule has 10 nitrogen and oxygen atoms in total. The van der Waals surface area contributed by atoms with Crippen LogP contribution in [0, 0.1) is 0 Å². The number of carbonyl (C=O) groups excluding carboxylic acids is 2. The van der Waals surface area contributed by atoms with Crippen LogP contribution in [0.25, 0.3) is 0 Å². The van der Waals surface area contributed by atoms with Gasteiger partial charge < -0.3 is 37.4 Å². The van der Waals surface area contributed by atoms with Gasteiger partial charge in [-0.2, -0.15) is 0 Å². The molecular formula is C12H24N4O6. The van der Waals surface area contributed by atoms with Crippen LogP contribution < -0.4 is 22.1 Å². The molecule has 0 saturated heterocycles. The standard InChI is InChI=1S/C12H24N4O6/c1-5(17)8(15-10(19)7(14)3-4-13)11(20)16-9(6(2)18)12(21)22/h5-9,17-18H,3-4,13-14H2,1-2H3,(H,15,19)(H,16,20)(H,21,22)/t5-,6+,7+,8+,9-/m1/s1. The molecule has 0 unspecified atom stereocenters. The summed E-state index contributed by atoms with van der Waals surface area (Å²) in [7, 11) is 0. The van der Waals surface area contributed by atoms with Gasteiger partial charge in [0.1, 0.15) is 6.04 Å². The van der Waals surface area contributed by atoms with Crippen LogP contribution in [0.5, 0.6) is 0 Å². The maximum absolute atomic E-state index is 12.0. The van der Waals surface area contributed by atoms with Crippen LogP contribution in [0.1, 0.15) is 20.3 Å². The average molecular weight is 320 g/mol. The van der Waals surface area contributed by atoms with Crippen LogP contribution in [-0.4, -0.2) is 70.0 Å². The SMILES string of the molecule is C[C@H](O)[C@@H](NC(=O)[C@@H](NC(=O)[C@@H](N)CCN)[C@@H](C)O)C(=O)O. The van der Waals surface area contributed by atoms with Crippen LogP contribution in [0.4, 0.5) is 0 Å². The molecular weight excluding hydrogens is 296 g/mol. The van der Waals surface area contributed by atoms with E-state index < -0.39 is 48.1 Å². The number of carboxylic acid groups (broad SMARTS) is 1. The number of hydrogen-bond donors (Lipinski definition) is 7. The van der Waals surface area contributed by atoms with Gasteiger partial charge in [-0.05, 0) is 26.8 Å². The molecule has 0 aromatic carbocycles. The highest BCUT2D eigenvalue weighted by atomic mass is 16.4. The van der Waals surface area contributed by atoms with Crippen molar-refractivity contribution in [1.82, 2.24) is 10.6 Å². The molecule has 0 bridgehead atoms. The van der Waals surface area contributed by atoms with Gasteiger partial charge >= 0.3 is 5.97 Å². The highest BCUT2D eigenvalue weighted by Crippen LogP contribution is 1.99. The zero-order valence-electron chi connectivity index (χ0n) is 12.5. The van der Waals surface area contributed by atoms with Crippen molar-refractivity contribution in [2.75, 3.05) is 6.54 Å². The quantitative estimate of drug-likeness (QED) is 0.227. The first-order valence-electron chi connectivity index (χ1n) is 6.77. The number of aliphatic carboxylic acids is 1. The summed E-state index contributed by atoms with van der Waals surface area (Å²) < 4.78 is 0. The Morgan fingerprint density at radius 1 is 1.00 bits per heavy atom. The minimum absolute atomic E-state index is 0.170. The lowest BCUT2D eigenvalue weighted by molar-refractivity contribution is -0.145. The average Bonchev–Trinajstić information content (AvgIpc) is 2.40. The largest absolute Gasteiger partial charge is 0.480 e. The third kappa shape index (κ3) is 6.35. The number of carbonyl (C=O) groups is 3. The van der Waals surface area contributed by atoms with E-state index >= 15 is 0 Å². The maximum atomic E-state index is 12.0. The first-order chi connectivity index (χ1) is 10.1. The van der Waals surface area contributed by atoms with Crippen molar-refractivity contribution >= 4 is 17.8 Å². The summed E-state index contributed by atoms with van der Waals surface area (Å²) >= 11 is 0. The molecule has 0 radical (unpaired) electrons. The van der Waals surface area contributed by atoms with E-state index in [9.17, 15) is 24.6 Å². The Bertz CT molecular complexity index is 401. The van der Waals surface area contributed by atoms with Crippen molar-refractivity contribution in [2.24, 2.45) is 11.5 Å². The molecule has 9 N–H and O–H groups in total. The predicted molar refractivity (Wildman–Crippen MR) is 76.5 cm³/mol. The molecule has 0 aromatic heterocycles. The highest BCUT2D eigenvalue weighted by Gasteiger charge is 2.32. The molecule has 10 heteroatoms. The molecule has 22 heavy (non-hydrogen) atoms. The first kappa shape index (κ1) is 20.2. The van der Waals surface area contributed by atoms with Gasteiger partial charge in [0.2, 0.25) is 11.8 Å². The third-order valence-electron chi connectivity index (χ3n) is 2.92. The van der Waals surface area contributed by atoms with Gasteiger partial charge in [0, 0.05) is 0 Å². The smallest absolute Gasteiger partial charge is 0.328 e. The lowest BCUT2D eigenvalue weighted by atomic mass is 10.1. The number of nitrogens with one attached hydrogen (secondary N) is 2. The van der Waals surface area contributed by atoms with Gasteiger partial charge in [-0.3, -0.25) is 9.59 Å². The van der Waals surface area contributed by atoms with E-state index in [-0.39, 0.29) is 13.0 Å². The molecule has 0 fully saturated rings. The van der Waals surface area contributed by atoms with Crippen LogP contribution in [0.3, 0.4) is 0 Å². The van der Waals surface area contributed by atoms with E-state index in [4.69, 9.17) is 16.6 Å². The van der Waals surface area contributed by atoms with E-state index in [0.29, 0.717) is 0 Å². The second kappa shape index (κ2) is 9.30. The maximum Gasteiger partial charge on any atom is 0.328 e. The molecule has 0 spiro atoms. The molecule has 5 atom stereocenters. The lowest BCUT2D eigenvalue weighted by Crippen LogP contribution is -2.59. The first-order valence-corrected chi connectivity index (χ1v) is 6.77. The van der Waals surface area contributed by atoms with E-state index in [1.165, 1.54) is 13.8 Å². The topological polar surface area (TPSA) is 188 Å². The molecule has 0 aliphatic heterocycles. The molecule has 128 valence electrons. The lowest BCUT2D eigenvalue weighted by Gasteiger charge is -2.25. The van der Waals surface area contributed by atoms with Crippen molar-refractivity contribution in [1.29, 1.82) is 0 Å². The van der Waals surface area contributed by atoms with Gasteiger partial charge in [-0.25, -0.2) is 4.79 Å². The van der Waals surface area contributed by atoms with Crippen LogP contribution in [0.15, 0.2) is 0 Å². The van der Waals surface area contributed by atoms with Crippen LogP contribution >= 0.6 is 0 Å². The number of nitrogens with two attached hydrogens (primary N) is 2. The molecule has 0 aliphatic rings. The van der Waals surface area contributed by atoms with Gasteiger partial charge in [0.25, 0.3) is 0 Å². The Hall–Kier alpha value is -1.75. The van der Waals surface area contributed by atoms with Crippen molar-refractivity contribution in [3.8, 4) is 0 Å². The highest BCUT2D eigenvalue weighted by molar-refractivity contribution is 5.92. The fourth-order valence-corrected chi connectivity index (χ4v) is 1.61. The second-order valence-electron chi connectivity index (χ2n) is 4.98. The van der Waals surface area contributed by atoms with Crippen LogP contribution in [0.2, 0.25) is 0 Å². The molecule has 0 saturated carbocycles. The Labute approximate surface area is 127 Å². The number of aliphatic hydroxyl groups excluding tert-OH is 2. The zero-order valence-corrected chi connectivity index (χ0v) is 12.5. The third-order valence-corrected chi connectivity index (χ3v) is 2.92. The second-order valence-corrected chi connectivity index (χ2v) is 4.98. The molecule has 0 rings (SSSR count). The minimum Gasteiger partial charge on any atom is -0.480 e. The number of rotatable bonds is 9. The summed E-state index contributed by atoms with van der Waals surface area (Å²) in [5.74, 6) is -3.09. The van der Waals surface area contributed by atoms with E-state index in [1.54, 1.807) is 0 Å². The minimum atomic E-state index is -1.57. The fourth-order valence-electron chi connectivity index (χ4n) is 1.61. The molecule has 0 aliphatic carbocycles. The summed E-state index contributed by atoms with van der Waals surface area (Å²) in [5, 5.41) is 32.1. The van der Waals surface area contributed by atoms with Crippen LogP contribution in [-0.2, 0) is 14.4 Å². The van der Waals surface area contributed by atoms with Crippen molar-refractivity contribution in [3.63, 3.8) is 0 Å². The normalized spacial score (nSPS) is 17.7. The van der Waals surface area contributed by atoms with Gasteiger partial charge in [-0.15, -0.1) is 0 Å². The molecule has 2 amide bonds. The Balaban J connectivity index is 4.91. The van der Waals surface area contributed by atoms with E-state index in [0.717, 1.165) is 0 Å². The number of hydrogen-bond acceptors (Lipinski definition) is 7. The number of carboxylic acids is 1. The summed E-state index contributed by atoms with van der Waals surface area (Å²) in [6.45, 7) is 2.60. The van der Waals surface area contributed by atoms with Crippen molar-refractivity contribution in [3.05, 3.63) is 0 Å². The summed E-state index contributed by atoms with van der Waals surface area (Å²) in [5.41, 5.74) is 10.8. The monoisotopic (exact) mass is 320 g/mol. The zero-order chi connectivity index (χ0) is 17.4. The molecule has 0 aromatic rings. The Morgan fingerprint density at radius 3 is 1.82 bits per heavy atom. The van der Waals surface area contributed by atoms with E-state index in [1.807, 2.05) is 5.32 Å². The number of aliphatic hydroxyl groups is 2. The Kier molecular flexibility index (Phi) is 8.56. The summed E-state index contributed by atoms with van der Waals surface area (Å²) in [6, 6.07) is -3.92. The van der Waals surface area contributed by atoms with Crippen molar-refractivity contribution < 1.29 is 29.7 Å². The van der Waals surface area contributed by atoms with E-state index in [2.05, 4.69) is 5.32 Å². The Morgan fingerprint density at radius 2 is 1.45 bits per heavy atom. The van der Waals surface area contributed by atoms with Gasteiger partial charge in [-0.1, -0.05) is 0 Å². The van der Waals surface area contributed by atoms with Gasteiger partial charge in [0.05, 0.1) is 18.2 Å². The molecule has 0 heterocycles. The predicted octanol–water partition coefficient (Wildman–Crippen LogP) is -3.52. The number of amides is 2. The van der Waals surface area contributed by atoms with Crippen molar-refractivity contribution in [2.45, 2.75) is 50.6 Å². The van der Waals surface area contributed by atoms with Gasteiger partial charge in [0.15, 0.2) is 6.04 Å². The summed E-state index contributed by atoms with van der Waals surface area (Å²) in [6.07, 6.45) is -2.46.